The fourth-order valence-corrected chi connectivity index (χ4v) is 8.89. The van der Waals surface area contributed by atoms with E-state index in [1.807, 2.05) is 96.7 Å². The summed E-state index contributed by atoms with van der Waals surface area (Å²) in [6.45, 7) is 1.18. The summed E-state index contributed by atoms with van der Waals surface area (Å²) in [6, 6.07) is 57.4. The summed E-state index contributed by atoms with van der Waals surface area (Å²) in [5.74, 6) is 6.17. The zero-order valence-electron chi connectivity index (χ0n) is 35.4. The van der Waals surface area contributed by atoms with Gasteiger partial charge in [-0.05, 0) is 108 Å². The number of tetrazole rings is 2. The standard InChI is InChI=1S/C25H21N5O2S.C25H21N5OS2/c1-2-4-24-19(3-1)7-8-20(26-24)15-31-22-11-13-23(14-12-22)33-17-18-5-9-21(10-6-18)32-16-25-27-29-30-28-25;1-2-4-24-19(3-1)7-8-20(26-24)15-31-21-9-13-23(14-10-21)32-16-18-5-11-22(12-6-18)33-17-25-27-29-30-28-25/h2*1-14H,15-17H2,(H,27,28,29,30). The van der Waals surface area contributed by atoms with E-state index in [0.717, 1.165) is 61.9 Å². The van der Waals surface area contributed by atoms with E-state index in [-0.39, 0.29) is 6.61 Å². The van der Waals surface area contributed by atoms with Gasteiger partial charge in [-0.15, -0.1) is 55.7 Å². The lowest BCUT2D eigenvalue weighted by molar-refractivity contribution is 0.296. The van der Waals surface area contributed by atoms with Gasteiger partial charge in [0.1, 0.15) is 30.5 Å². The Hall–Kier alpha value is -7.27. The van der Waals surface area contributed by atoms with Gasteiger partial charge in [0.25, 0.3) is 0 Å². The number of para-hydroxylation sites is 2. The molecule has 16 heteroatoms. The Morgan fingerprint density at radius 3 is 1.27 bits per heavy atom. The minimum atomic E-state index is 0.288. The summed E-state index contributed by atoms with van der Waals surface area (Å²) in [5.41, 5.74) is 6.31. The van der Waals surface area contributed by atoms with Crippen molar-refractivity contribution in [3.05, 3.63) is 204 Å². The molecule has 0 amide bonds. The van der Waals surface area contributed by atoms with Crippen LogP contribution in [0.2, 0.25) is 0 Å². The maximum Gasteiger partial charge on any atom is 0.211 e. The number of aromatic nitrogens is 10. The third-order valence-corrected chi connectivity index (χ3v) is 13.1. The Morgan fingerprint density at radius 2 is 0.788 bits per heavy atom. The summed E-state index contributed by atoms with van der Waals surface area (Å²) in [6.07, 6.45) is 0. The topological polar surface area (TPSA) is 162 Å². The van der Waals surface area contributed by atoms with Crippen LogP contribution in [0.3, 0.4) is 0 Å². The van der Waals surface area contributed by atoms with Crippen molar-refractivity contribution in [2.24, 2.45) is 0 Å². The number of nitrogens with zero attached hydrogens (tertiary/aromatic N) is 8. The molecule has 0 aliphatic rings. The molecule has 0 saturated heterocycles. The van der Waals surface area contributed by atoms with Crippen molar-refractivity contribution in [3.8, 4) is 17.2 Å². The molecule has 328 valence electrons. The van der Waals surface area contributed by atoms with Crippen LogP contribution in [0.4, 0.5) is 0 Å². The first kappa shape index (κ1) is 44.0. The molecule has 6 aromatic carbocycles. The molecule has 2 N–H and O–H groups in total. The number of fused-ring (bicyclic) bond motifs is 2. The maximum absolute atomic E-state index is 5.93. The van der Waals surface area contributed by atoms with Crippen LogP contribution in [0.25, 0.3) is 21.8 Å². The number of hydrogen-bond donors (Lipinski definition) is 2. The maximum atomic E-state index is 5.93. The molecule has 13 nitrogen and oxygen atoms in total. The zero-order valence-corrected chi connectivity index (χ0v) is 37.9. The number of nitrogens with one attached hydrogen (secondary N) is 2. The van der Waals surface area contributed by atoms with Crippen molar-refractivity contribution in [1.82, 2.24) is 51.2 Å². The highest BCUT2D eigenvalue weighted by molar-refractivity contribution is 7.99. The second-order valence-electron chi connectivity index (χ2n) is 14.6. The van der Waals surface area contributed by atoms with Gasteiger partial charge in [0, 0.05) is 37.0 Å². The summed E-state index contributed by atoms with van der Waals surface area (Å²) in [4.78, 5) is 12.9. The highest BCUT2D eigenvalue weighted by Gasteiger charge is 2.06. The summed E-state index contributed by atoms with van der Waals surface area (Å²) in [5, 5.41) is 29.9. The summed E-state index contributed by atoms with van der Waals surface area (Å²) < 4.78 is 17.5. The molecular formula is C50H42N10O3S3. The number of hydrogen-bond acceptors (Lipinski definition) is 14. The highest BCUT2D eigenvalue weighted by atomic mass is 32.2. The second-order valence-corrected chi connectivity index (χ2v) is 17.8. The molecule has 0 bridgehead atoms. The molecule has 4 heterocycles. The lowest BCUT2D eigenvalue weighted by Gasteiger charge is -2.08. The van der Waals surface area contributed by atoms with E-state index in [9.17, 15) is 0 Å². The number of benzene rings is 6. The van der Waals surface area contributed by atoms with Gasteiger partial charge in [0.05, 0.1) is 28.2 Å². The van der Waals surface area contributed by atoms with E-state index >= 15 is 0 Å². The van der Waals surface area contributed by atoms with Gasteiger partial charge in [-0.3, -0.25) is 0 Å². The number of H-pyrrole nitrogens is 2. The Kier molecular flexibility index (Phi) is 15.0. The second kappa shape index (κ2) is 22.6. The van der Waals surface area contributed by atoms with Gasteiger partial charge >= 0.3 is 0 Å². The fourth-order valence-electron chi connectivity index (χ4n) is 6.44. The van der Waals surface area contributed by atoms with Crippen LogP contribution in [0.5, 0.6) is 17.2 Å². The fraction of sp³-hybridized carbons (Fsp3) is 0.120. The van der Waals surface area contributed by atoms with E-state index < -0.39 is 0 Å². The molecule has 10 aromatic rings. The van der Waals surface area contributed by atoms with Crippen molar-refractivity contribution in [2.75, 3.05) is 0 Å². The molecule has 0 fully saturated rings. The SMILES string of the molecule is c1ccc2nc(COc3ccc(SCc4ccc(OCc5nn[nH]n5)cc4)cc3)ccc2c1.c1ccc2nc(COc3ccc(SCc4ccc(SCc5nn[nH]n5)cc4)cc3)ccc2c1. The van der Waals surface area contributed by atoms with E-state index in [1.54, 1.807) is 23.5 Å². The van der Waals surface area contributed by atoms with Crippen LogP contribution < -0.4 is 14.2 Å². The van der Waals surface area contributed by atoms with Crippen LogP contribution in [0, 0.1) is 0 Å². The number of thioether (sulfide) groups is 3. The summed E-state index contributed by atoms with van der Waals surface area (Å²) in [7, 11) is 0. The van der Waals surface area contributed by atoms with Crippen LogP contribution in [0.1, 0.15) is 34.2 Å². The molecule has 0 aliphatic carbocycles. The van der Waals surface area contributed by atoms with Crippen LogP contribution in [-0.4, -0.2) is 51.2 Å². The van der Waals surface area contributed by atoms with Gasteiger partial charge in [-0.1, -0.05) is 83.2 Å². The Morgan fingerprint density at radius 1 is 0.379 bits per heavy atom. The van der Waals surface area contributed by atoms with Crippen molar-refractivity contribution in [3.63, 3.8) is 0 Å². The average molecular weight is 927 g/mol. The molecule has 0 radical (unpaired) electrons. The third-order valence-electron chi connectivity index (χ3n) is 9.91. The molecule has 0 unspecified atom stereocenters. The van der Waals surface area contributed by atoms with Gasteiger partial charge in [0.2, 0.25) is 5.82 Å². The Balaban J connectivity index is 0.000000166. The Bertz CT molecular complexity index is 2830. The first-order valence-electron chi connectivity index (χ1n) is 20.9. The van der Waals surface area contributed by atoms with E-state index in [0.29, 0.717) is 30.6 Å². The van der Waals surface area contributed by atoms with Crippen LogP contribution >= 0.6 is 35.3 Å². The van der Waals surface area contributed by atoms with E-state index in [1.165, 1.54) is 25.8 Å². The molecule has 66 heavy (non-hydrogen) atoms. The molecule has 0 atom stereocenters. The average Bonchev–Trinajstić information content (AvgIpc) is 4.12. The first-order chi connectivity index (χ1) is 32.6. The summed E-state index contributed by atoms with van der Waals surface area (Å²) >= 11 is 5.28. The monoisotopic (exact) mass is 926 g/mol. The lowest BCUT2D eigenvalue weighted by Crippen LogP contribution is -1.98. The smallest absolute Gasteiger partial charge is 0.211 e. The van der Waals surface area contributed by atoms with E-state index in [2.05, 4.69) is 136 Å². The van der Waals surface area contributed by atoms with Gasteiger partial charge in [-0.2, -0.15) is 10.4 Å². The molecule has 10 rings (SSSR count). The van der Waals surface area contributed by atoms with Gasteiger partial charge in [0.15, 0.2) is 12.4 Å². The number of aromatic amines is 2. The largest absolute Gasteiger partial charge is 0.487 e. The quantitative estimate of drug-likeness (QED) is 0.0782. The molecular weight excluding hydrogens is 885 g/mol. The minimum absolute atomic E-state index is 0.288. The highest BCUT2D eigenvalue weighted by Crippen LogP contribution is 2.29. The van der Waals surface area contributed by atoms with Crippen molar-refractivity contribution in [1.29, 1.82) is 0 Å². The van der Waals surface area contributed by atoms with E-state index in [4.69, 9.17) is 14.2 Å². The normalized spacial score (nSPS) is 11.0. The molecule has 0 spiro atoms. The van der Waals surface area contributed by atoms with Crippen molar-refractivity contribution < 1.29 is 14.2 Å². The zero-order chi connectivity index (χ0) is 44.6. The number of rotatable bonds is 18. The van der Waals surface area contributed by atoms with Crippen molar-refractivity contribution >= 4 is 57.1 Å². The number of ether oxygens (including phenoxy) is 3. The predicted molar refractivity (Wildman–Crippen MR) is 259 cm³/mol. The lowest BCUT2D eigenvalue weighted by atomic mass is 10.2. The molecule has 4 aromatic heterocycles. The first-order valence-corrected chi connectivity index (χ1v) is 23.9. The third kappa shape index (κ3) is 12.9. The van der Waals surface area contributed by atoms with Gasteiger partial charge < -0.3 is 14.2 Å². The molecule has 0 aliphatic heterocycles. The predicted octanol–water partition coefficient (Wildman–Crippen LogP) is 11.1. The van der Waals surface area contributed by atoms with Crippen molar-refractivity contribution in [2.45, 2.75) is 51.8 Å². The number of pyridine rings is 2. The van der Waals surface area contributed by atoms with Crippen LogP contribution in [0.15, 0.2) is 185 Å². The van der Waals surface area contributed by atoms with Crippen LogP contribution in [-0.2, 0) is 37.1 Å². The van der Waals surface area contributed by atoms with Gasteiger partial charge in [-0.25, -0.2) is 9.97 Å². The Labute approximate surface area is 393 Å². The molecule has 0 saturated carbocycles. The minimum Gasteiger partial charge on any atom is -0.487 e.